The second-order valence-corrected chi connectivity index (χ2v) is 6.07. The lowest BCUT2D eigenvalue weighted by molar-refractivity contribution is 0.680. The lowest BCUT2D eigenvalue weighted by atomic mass is 10.0. The summed E-state index contributed by atoms with van der Waals surface area (Å²) in [5.41, 5.74) is 3.99. The summed E-state index contributed by atoms with van der Waals surface area (Å²) in [6.45, 7) is 3.97. The SMILES string of the molecule is Cc1cc(/C=C/C#N)cc(C)c1Nc1ccnc([S@@](C)=O)n1. The highest BCUT2D eigenvalue weighted by atomic mass is 32.2. The minimum absolute atomic E-state index is 0.300. The van der Waals surface area contributed by atoms with Crippen molar-refractivity contribution in [3.63, 3.8) is 0 Å². The van der Waals surface area contributed by atoms with Gasteiger partial charge in [0.15, 0.2) is 0 Å². The van der Waals surface area contributed by atoms with E-state index in [1.54, 1.807) is 24.6 Å². The molecule has 1 N–H and O–H groups in total. The number of hydrogen-bond donors (Lipinski definition) is 1. The van der Waals surface area contributed by atoms with Crippen molar-refractivity contribution in [2.75, 3.05) is 11.6 Å². The highest BCUT2D eigenvalue weighted by molar-refractivity contribution is 7.84. The first-order chi connectivity index (χ1) is 10.5. The lowest BCUT2D eigenvalue weighted by Crippen LogP contribution is -2.03. The Morgan fingerprint density at radius 1 is 1.32 bits per heavy atom. The molecule has 0 unspecified atom stereocenters. The first kappa shape index (κ1) is 15.9. The quantitative estimate of drug-likeness (QED) is 0.693. The van der Waals surface area contributed by atoms with Gasteiger partial charge in [0, 0.05) is 24.2 Å². The molecule has 1 aromatic heterocycles. The van der Waals surface area contributed by atoms with E-state index in [9.17, 15) is 4.21 Å². The van der Waals surface area contributed by atoms with Gasteiger partial charge in [-0.1, -0.05) is 0 Å². The van der Waals surface area contributed by atoms with Gasteiger partial charge in [-0.3, -0.25) is 4.21 Å². The van der Waals surface area contributed by atoms with Gasteiger partial charge in [0.25, 0.3) is 0 Å². The Labute approximate surface area is 132 Å². The molecule has 2 rings (SSSR count). The van der Waals surface area contributed by atoms with Crippen molar-refractivity contribution in [1.29, 1.82) is 5.26 Å². The molecule has 1 heterocycles. The van der Waals surface area contributed by atoms with Gasteiger partial charge in [0.05, 0.1) is 16.9 Å². The Morgan fingerprint density at radius 3 is 2.59 bits per heavy atom. The standard InChI is InChI=1S/C16H16N4OS/c1-11-9-13(5-4-7-17)10-12(2)15(11)19-14-6-8-18-16(20-14)22(3)21/h4-6,8-10H,1-3H3,(H,18,19,20)/b5-4+/t22-/m1/s1. The first-order valence-corrected chi connectivity index (χ1v) is 8.18. The van der Waals surface area contributed by atoms with E-state index >= 15 is 0 Å². The molecule has 0 fully saturated rings. The maximum absolute atomic E-state index is 11.5. The van der Waals surface area contributed by atoms with Crippen LogP contribution in [0.3, 0.4) is 0 Å². The number of aryl methyl sites for hydroxylation is 2. The van der Waals surface area contributed by atoms with Crippen LogP contribution >= 0.6 is 0 Å². The molecule has 0 amide bonds. The fraction of sp³-hybridized carbons (Fsp3) is 0.188. The number of nitriles is 1. The van der Waals surface area contributed by atoms with Crippen LogP contribution in [0, 0.1) is 25.2 Å². The topological polar surface area (TPSA) is 78.7 Å². The number of rotatable bonds is 4. The number of benzene rings is 1. The monoisotopic (exact) mass is 312 g/mol. The third-order valence-electron chi connectivity index (χ3n) is 3.05. The van der Waals surface area contributed by atoms with Crippen LogP contribution in [0.15, 0.2) is 35.6 Å². The van der Waals surface area contributed by atoms with Gasteiger partial charge in [-0.25, -0.2) is 9.97 Å². The maximum Gasteiger partial charge on any atom is 0.220 e. The van der Waals surface area contributed by atoms with Crippen molar-refractivity contribution >= 4 is 28.4 Å². The van der Waals surface area contributed by atoms with Gasteiger partial charge in [0.1, 0.15) is 5.82 Å². The molecule has 5 nitrogen and oxygen atoms in total. The Hall–Kier alpha value is -2.52. The molecule has 0 aliphatic carbocycles. The summed E-state index contributed by atoms with van der Waals surface area (Å²) in [6.07, 6.45) is 6.36. The Morgan fingerprint density at radius 2 is 2.00 bits per heavy atom. The minimum Gasteiger partial charge on any atom is -0.340 e. The normalized spacial score (nSPS) is 12.1. The van der Waals surface area contributed by atoms with Crippen molar-refractivity contribution < 1.29 is 4.21 Å². The Kier molecular flexibility index (Phi) is 5.02. The molecule has 0 radical (unpaired) electrons. The zero-order valence-corrected chi connectivity index (χ0v) is 13.4. The second-order valence-electron chi connectivity index (χ2n) is 4.80. The molecule has 112 valence electrons. The summed E-state index contributed by atoms with van der Waals surface area (Å²) in [7, 11) is -1.22. The summed E-state index contributed by atoms with van der Waals surface area (Å²) in [5.74, 6) is 0.603. The summed E-state index contributed by atoms with van der Waals surface area (Å²) in [5, 5.41) is 12.1. The van der Waals surface area contributed by atoms with Crippen LogP contribution in [0.4, 0.5) is 11.5 Å². The van der Waals surface area contributed by atoms with Crippen LogP contribution in [-0.2, 0) is 10.8 Å². The molecule has 0 saturated heterocycles. The number of hydrogen-bond acceptors (Lipinski definition) is 5. The second kappa shape index (κ2) is 6.96. The van der Waals surface area contributed by atoms with E-state index in [-0.39, 0.29) is 0 Å². The van der Waals surface area contributed by atoms with Crippen LogP contribution in [0.25, 0.3) is 6.08 Å². The molecular formula is C16H16N4OS. The average Bonchev–Trinajstić information content (AvgIpc) is 2.49. The number of nitrogens with zero attached hydrogens (tertiary/aromatic N) is 3. The third-order valence-corrected chi connectivity index (χ3v) is 3.76. The van der Waals surface area contributed by atoms with E-state index < -0.39 is 10.8 Å². The largest absolute Gasteiger partial charge is 0.340 e. The number of anilines is 2. The van der Waals surface area contributed by atoms with Crippen LogP contribution in [0.1, 0.15) is 16.7 Å². The molecule has 0 spiro atoms. The van der Waals surface area contributed by atoms with Gasteiger partial charge in [-0.05, 0) is 54.8 Å². The summed E-state index contributed by atoms with van der Waals surface area (Å²) in [6, 6.07) is 7.70. The van der Waals surface area contributed by atoms with Crippen LogP contribution in [0.5, 0.6) is 0 Å². The molecule has 2 aromatic rings. The van der Waals surface area contributed by atoms with Crippen molar-refractivity contribution in [1.82, 2.24) is 9.97 Å². The molecule has 1 aromatic carbocycles. The van der Waals surface area contributed by atoms with E-state index in [1.807, 2.05) is 32.0 Å². The molecule has 0 aliphatic heterocycles. The number of nitrogens with one attached hydrogen (secondary N) is 1. The summed E-state index contributed by atoms with van der Waals surface area (Å²) < 4.78 is 11.5. The third kappa shape index (κ3) is 3.77. The van der Waals surface area contributed by atoms with E-state index in [0.29, 0.717) is 11.0 Å². The van der Waals surface area contributed by atoms with Gasteiger partial charge >= 0.3 is 0 Å². The average molecular weight is 312 g/mol. The summed E-state index contributed by atoms with van der Waals surface area (Å²) in [4.78, 5) is 8.22. The predicted molar refractivity (Wildman–Crippen MR) is 88.2 cm³/mol. The van der Waals surface area contributed by atoms with Gasteiger partial charge in [-0.15, -0.1) is 0 Å². The molecule has 0 saturated carbocycles. The number of aromatic nitrogens is 2. The van der Waals surface area contributed by atoms with E-state index in [1.165, 1.54) is 6.08 Å². The Balaban J connectivity index is 2.34. The van der Waals surface area contributed by atoms with E-state index in [4.69, 9.17) is 5.26 Å². The molecule has 22 heavy (non-hydrogen) atoms. The van der Waals surface area contributed by atoms with E-state index in [2.05, 4.69) is 15.3 Å². The zero-order valence-electron chi connectivity index (χ0n) is 12.6. The predicted octanol–water partition coefficient (Wildman–Crippen LogP) is 3.11. The van der Waals surface area contributed by atoms with E-state index in [0.717, 1.165) is 22.4 Å². The van der Waals surface area contributed by atoms with Crippen molar-refractivity contribution in [2.24, 2.45) is 0 Å². The van der Waals surface area contributed by atoms with Crippen LogP contribution < -0.4 is 5.32 Å². The molecular weight excluding hydrogens is 296 g/mol. The fourth-order valence-corrected chi connectivity index (χ4v) is 2.54. The lowest BCUT2D eigenvalue weighted by Gasteiger charge is -2.13. The van der Waals surface area contributed by atoms with Crippen LogP contribution in [0.2, 0.25) is 0 Å². The maximum atomic E-state index is 11.5. The molecule has 1 atom stereocenters. The highest BCUT2D eigenvalue weighted by Gasteiger charge is 2.07. The smallest absolute Gasteiger partial charge is 0.220 e. The van der Waals surface area contributed by atoms with Gasteiger partial charge in [-0.2, -0.15) is 5.26 Å². The molecule has 6 heteroatoms. The number of allylic oxidation sites excluding steroid dienone is 1. The summed E-state index contributed by atoms with van der Waals surface area (Å²) >= 11 is 0. The highest BCUT2D eigenvalue weighted by Crippen LogP contribution is 2.25. The zero-order chi connectivity index (χ0) is 16.1. The first-order valence-electron chi connectivity index (χ1n) is 6.62. The molecule has 0 aliphatic rings. The van der Waals surface area contributed by atoms with Gasteiger partial charge < -0.3 is 5.32 Å². The van der Waals surface area contributed by atoms with Crippen molar-refractivity contribution in [2.45, 2.75) is 19.0 Å². The van der Waals surface area contributed by atoms with Crippen molar-refractivity contribution in [3.05, 3.63) is 47.2 Å². The van der Waals surface area contributed by atoms with Crippen LogP contribution in [-0.4, -0.2) is 20.4 Å². The minimum atomic E-state index is -1.22. The van der Waals surface area contributed by atoms with Gasteiger partial charge in [0.2, 0.25) is 5.16 Å². The van der Waals surface area contributed by atoms with Crippen molar-refractivity contribution in [3.8, 4) is 6.07 Å². The fourth-order valence-electron chi connectivity index (χ4n) is 2.10. The Bertz CT molecular complexity index is 770. The molecule has 0 bridgehead atoms.